The Morgan fingerprint density at radius 3 is 1.18 bits per heavy atom. The second-order valence-electron chi connectivity index (χ2n) is 4.64. The summed E-state index contributed by atoms with van der Waals surface area (Å²) in [5.74, 6) is -9.71. The fourth-order valence-electron chi connectivity index (χ4n) is 1.94. The van der Waals surface area contributed by atoms with E-state index < -0.39 is 53.5 Å². The summed E-state index contributed by atoms with van der Waals surface area (Å²) >= 11 is 0. The predicted molar refractivity (Wildman–Crippen MR) is 65.0 cm³/mol. The van der Waals surface area contributed by atoms with Crippen molar-refractivity contribution in [2.24, 2.45) is 0 Å². The summed E-state index contributed by atoms with van der Waals surface area (Å²) in [5, 5.41) is 0. The van der Waals surface area contributed by atoms with Crippen molar-refractivity contribution in [3.8, 4) is 0 Å². The number of Topliss-reactive ketones (excluding diaryl/α,β-unsaturated/α-hetero) is 1. The first-order valence-corrected chi connectivity index (χ1v) is 6.06. The van der Waals surface area contributed by atoms with Crippen molar-refractivity contribution in [1.82, 2.24) is 0 Å². The van der Waals surface area contributed by atoms with Crippen molar-refractivity contribution in [1.29, 1.82) is 0 Å². The Morgan fingerprint density at radius 2 is 0.909 bits per heavy atom. The smallest absolute Gasteiger partial charge is 0.194 e. The standard InChI is InChI=1S/C15H8F6O/c16-10-3-7(4-11(17)14(10)20)1-9(22)2-8-5-12(18)15(21)13(19)6-8/h3-6H,1-2H2. The van der Waals surface area contributed by atoms with Crippen LogP contribution < -0.4 is 0 Å². The molecule has 2 aromatic rings. The Morgan fingerprint density at radius 1 is 0.636 bits per heavy atom. The largest absolute Gasteiger partial charge is 0.299 e. The zero-order valence-corrected chi connectivity index (χ0v) is 10.9. The van der Waals surface area contributed by atoms with Gasteiger partial charge in [0.05, 0.1) is 0 Å². The quantitative estimate of drug-likeness (QED) is 0.618. The molecule has 7 heteroatoms. The van der Waals surface area contributed by atoms with Crippen LogP contribution in [0.1, 0.15) is 11.1 Å². The van der Waals surface area contributed by atoms with E-state index in [9.17, 15) is 31.1 Å². The van der Waals surface area contributed by atoms with Crippen LogP contribution in [0.3, 0.4) is 0 Å². The molecule has 0 N–H and O–H groups in total. The number of rotatable bonds is 4. The van der Waals surface area contributed by atoms with Gasteiger partial charge in [0.2, 0.25) is 0 Å². The topological polar surface area (TPSA) is 17.1 Å². The van der Waals surface area contributed by atoms with Gasteiger partial charge in [-0.15, -0.1) is 0 Å². The van der Waals surface area contributed by atoms with E-state index >= 15 is 0 Å². The first kappa shape index (κ1) is 16.1. The molecule has 22 heavy (non-hydrogen) atoms. The summed E-state index contributed by atoms with van der Waals surface area (Å²) in [6.45, 7) is 0. The van der Waals surface area contributed by atoms with Crippen molar-refractivity contribution in [3.63, 3.8) is 0 Å². The highest BCUT2D eigenvalue weighted by Crippen LogP contribution is 2.17. The van der Waals surface area contributed by atoms with E-state index in [2.05, 4.69) is 0 Å². The molecule has 0 fully saturated rings. The van der Waals surface area contributed by atoms with E-state index in [-0.39, 0.29) is 11.1 Å². The average Bonchev–Trinajstić information content (AvgIpc) is 2.41. The van der Waals surface area contributed by atoms with Gasteiger partial charge < -0.3 is 0 Å². The van der Waals surface area contributed by atoms with Gasteiger partial charge in [-0.25, -0.2) is 26.3 Å². The molecule has 0 aromatic heterocycles. The van der Waals surface area contributed by atoms with E-state index in [1.54, 1.807) is 0 Å². The maximum atomic E-state index is 13.0. The van der Waals surface area contributed by atoms with Gasteiger partial charge in [0, 0.05) is 12.8 Å². The van der Waals surface area contributed by atoms with Gasteiger partial charge in [-0.3, -0.25) is 4.79 Å². The van der Waals surface area contributed by atoms with Crippen molar-refractivity contribution < 1.29 is 31.1 Å². The Kier molecular flexibility index (Phi) is 4.54. The van der Waals surface area contributed by atoms with Gasteiger partial charge in [-0.05, 0) is 35.4 Å². The zero-order valence-electron chi connectivity index (χ0n) is 10.9. The fourth-order valence-corrected chi connectivity index (χ4v) is 1.94. The fraction of sp³-hybridized carbons (Fsp3) is 0.133. The summed E-state index contributed by atoms with van der Waals surface area (Å²) in [6.07, 6.45) is -0.927. The Hall–Kier alpha value is -2.31. The molecule has 0 aliphatic rings. The number of halogens is 6. The first-order chi connectivity index (χ1) is 10.3. The number of ketones is 1. The third kappa shape index (κ3) is 3.47. The van der Waals surface area contributed by atoms with Crippen LogP contribution in [0.4, 0.5) is 26.3 Å². The monoisotopic (exact) mass is 318 g/mol. The summed E-state index contributed by atoms with van der Waals surface area (Å²) in [4.78, 5) is 11.7. The van der Waals surface area contributed by atoms with Crippen molar-refractivity contribution in [3.05, 3.63) is 70.3 Å². The molecule has 116 valence electrons. The van der Waals surface area contributed by atoms with Gasteiger partial charge in [0.1, 0.15) is 5.78 Å². The van der Waals surface area contributed by atoms with Crippen LogP contribution in [-0.2, 0) is 17.6 Å². The molecule has 0 spiro atoms. The lowest BCUT2D eigenvalue weighted by atomic mass is 10.0. The molecule has 0 saturated carbocycles. The Balaban J connectivity index is 2.14. The summed E-state index contributed by atoms with van der Waals surface area (Å²) in [7, 11) is 0. The number of hydrogen-bond donors (Lipinski definition) is 0. The predicted octanol–water partition coefficient (Wildman–Crippen LogP) is 3.88. The zero-order chi connectivity index (χ0) is 16.4. The molecule has 0 atom stereocenters. The van der Waals surface area contributed by atoms with Crippen molar-refractivity contribution in [2.75, 3.05) is 0 Å². The number of carbonyl (C=O) groups excluding carboxylic acids is 1. The average molecular weight is 318 g/mol. The maximum absolute atomic E-state index is 13.0. The van der Waals surface area contributed by atoms with Crippen molar-refractivity contribution in [2.45, 2.75) is 12.8 Å². The normalized spacial score (nSPS) is 10.8. The highest BCUT2D eigenvalue weighted by molar-refractivity contribution is 5.83. The minimum atomic E-state index is -1.65. The van der Waals surface area contributed by atoms with Gasteiger partial charge >= 0.3 is 0 Å². The molecule has 0 aliphatic carbocycles. The third-order valence-electron chi connectivity index (χ3n) is 2.89. The lowest BCUT2D eigenvalue weighted by molar-refractivity contribution is -0.117. The lowest BCUT2D eigenvalue weighted by Crippen LogP contribution is -2.09. The van der Waals surface area contributed by atoms with Crippen molar-refractivity contribution >= 4 is 5.78 Å². The molecule has 0 radical (unpaired) electrons. The Labute approximate surface area is 121 Å². The van der Waals surface area contributed by atoms with Crippen LogP contribution in [0.2, 0.25) is 0 Å². The molecule has 0 heterocycles. The highest BCUT2D eigenvalue weighted by atomic mass is 19.2. The minimum absolute atomic E-state index is 0.121. The van der Waals surface area contributed by atoms with Crippen LogP contribution in [0.15, 0.2) is 24.3 Å². The van der Waals surface area contributed by atoms with Gasteiger partial charge in [0.25, 0.3) is 0 Å². The highest BCUT2D eigenvalue weighted by Gasteiger charge is 2.15. The minimum Gasteiger partial charge on any atom is -0.299 e. The maximum Gasteiger partial charge on any atom is 0.194 e. The molecule has 1 nitrogen and oxygen atoms in total. The van der Waals surface area contributed by atoms with E-state index in [0.29, 0.717) is 24.3 Å². The second-order valence-corrected chi connectivity index (χ2v) is 4.64. The first-order valence-electron chi connectivity index (χ1n) is 6.06. The van der Waals surface area contributed by atoms with Gasteiger partial charge in [0.15, 0.2) is 34.9 Å². The molecule has 0 saturated heterocycles. The summed E-state index contributed by atoms with van der Waals surface area (Å²) in [5.41, 5.74) is -0.242. The lowest BCUT2D eigenvalue weighted by Gasteiger charge is -2.05. The number of carbonyl (C=O) groups is 1. The van der Waals surface area contributed by atoms with Crippen LogP contribution in [-0.4, -0.2) is 5.78 Å². The molecule has 0 amide bonds. The van der Waals surface area contributed by atoms with Gasteiger partial charge in [-0.1, -0.05) is 0 Å². The summed E-state index contributed by atoms with van der Waals surface area (Å²) < 4.78 is 77.5. The second kappa shape index (κ2) is 6.21. The van der Waals surface area contributed by atoms with Crippen LogP contribution in [0.5, 0.6) is 0 Å². The number of benzene rings is 2. The van der Waals surface area contributed by atoms with Crippen LogP contribution >= 0.6 is 0 Å². The molecule has 0 aliphatic heterocycles. The van der Waals surface area contributed by atoms with Crippen LogP contribution in [0.25, 0.3) is 0 Å². The molecule has 2 aromatic carbocycles. The molecule has 0 unspecified atom stereocenters. The van der Waals surface area contributed by atoms with Gasteiger partial charge in [-0.2, -0.15) is 0 Å². The van der Waals surface area contributed by atoms with E-state index in [0.717, 1.165) is 0 Å². The van der Waals surface area contributed by atoms with E-state index in [1.165, 1.54) is 0 Å². The third-order valence-corrected chi connectivity index (χ3v) is 2.89. The van der Waals surface area contributed by atoms with E-state index in [1.807, 2.05) is 0 Å². The molecule has 0 bridgehead atoms. The van der Waals surface area contributed by atoms with E-state index in [4.69, 9.17) is 0 Å². The number of hydrogen-bond acceptors (Lipinski definition) is 1. The Bertz CT molecular complexity index is 633. The molecular weight excluding hydrogens is 310 g/mol. The van der Waals surface area contributed by atoms with Crippen LogP contribution in [0, 0.1) is 34.9 Å². The molecular formula is C15H8F6O. The molecule has 2 rings (SSSR count). The SMILES string of the molecule is O=C(Cc1cc(F)c(F)c(F)c1)Cc1cc(F)c(F)c(F)c1. The summed E-state index contributed by atoms with van der Waals surface area (Å²) in [6, 6.07) is 2.62.